The van der Waals surface area contributed by atoms with Crippen LogP contribution in [0, 0.1) is 0 Å². The fourth-order valence-corrected chi connectivity index (χ4v) is 3.33. The van der Waals surface area contributed by atoms with E-state index in [4.69, 9.17) is 4.74 Å². The summed E-state index contributed by atoms with van der Waals surface area (Å²) >= 11 is 5.02. The third-order valence-electron chi connectivity index (χ3n) is 3.50. The van der Waals surface area contributed by atoms with Gasteiger partial charge in [0.15, 0.2) is 0 Å². The van der Waals surface area contributed by atoms with Gasteiger partial charge in [-0.05, 0) is 35.2 Å². The van der Waals surface area contributed by atoms with Crippen molar-refractivity contribution in [3.05, 3.63) is 56.7 Å². The average molecular weight is 378 g/mol. The summed E-state index contributed by atoms with van der Waals surface area (Å²) < 4.78 is 6.37. The summed E-state index contributed by atoms with van der Waals surface area (Å²) in [6.07, 6.45) is 1.97. The molecule has 0 spiro atoms. The summed E-state index contributed by atoms with van der Waals surface area (Å²) in [6, 6.07) is 11.9. The molecule has 1 aliphatic rings. The number of ether oxygens (including phenoxy) is 1. The fraction of sp³-hybridized carbons (Fsp3) is 0.235. The van der Waals surface area contributed by atoms with Gasteiger partial charge in [-0.3, -0.25) is 4.79 Å². The van der Waals surface area contributed by atoms with E-state index >= 15 is 0 Å². The molecule has 1 aromatic heterocycles. The highest BCUT2D eigenvalue weighted by Gasteiger charge is 2.22. The Kier molecular flexibility index (Phi) is 5.08. The highest BCUT2D eigenvalue weighted by molar-refractivity contribution is 9.10. The molecule has 1 aliphatic heterocycles. The van der Waals surface area contributed by atoms with E-state index in [0.717, 1.165) is 20.5 Å². The second-order valence-corrected chi connectivity index (χ2v) is 6.85. The Morgan fingerprint density at radius 1 is 1.18 bits per heavy atom. The minimum absolute atomic E-state index is 0.0775. The smallest absolute Gasteiger partial charge is 0.255 e. The highest BCUT2D eigenvalue weighted by Crippen LogP contribution is 2.26. The standard InChI is InChI=1S/C17H16BrNO2S/c18-14-5-3-13(4-6-14)12-15(16-2-1-11-22-16)17(20)19-7-9-21-10-8-19/h1-6,11-12H,7-10H2/b15-12+. The van der Waals surface area contributed by atoms with Gasteiger partial charge in [0, 0.05) is 22.4 Å². The first kappa shape index (κ1) is 15.5. The lowest BCUT2D eigenvalue weighted by Crippen LogP contribution is -2.41. The molecular weight excluding hydrogens is 362 g/mol. The Morgan fingerprint density at radius 3 is 2.55 bits per heavy atom. The lowest BCUT2D eigenvalue weighted by molar-refractivity contribution is -0.128. The van der Waals surface area contributed by atoms with E-state index in [9.17, 15) is 4.79 Å². The highest BCUT2D eigenvalue weighted by atomic mass is 79.9. The summed E-state index contributed by atoms with van der Waals surface area (Å²) in [5.41, 5.74) is 1.77. The van der Waals surface area contributed by atoms with E-state index in [1.54, 1.807) is 11.3 Å². The molecule has 2 aromatic rings. The molecular formula is C17H16BrNO2S. The van der Waals surface area contributed by atoms with Gasteiger partial charge in [0.25, 0.3) is 5.91 Å². The van der Waals surface area contributed by atoms with Crippen molar-refractivity contribution < 1.29 is 9.53 Å². The van der Waals surface area contributed by atoms with Crippen LogP contribution in [-0.2, 0) is 9.53 Å². The van der Waals surface area contributed by atoms with Gasteiger partial charge in [-0.2, -0.15) is 0 Å². The van der Waals surface area contributed by atoms with E-state index in [0.29, 0.717) is 26.3 Å². The molecule has 0 atom stereocenters. The zero-order chi connectivity index (χ0) is 15.4. The molecule has 3 rings (SSSR count). The monoisotopic (exact) mass is 377 g/mol. The van der Waals surface area contributed by atoms with E-state index in [1.807, 2.05) is 52.8 Å². The quantitative estimate of drug-likeness (QED) is 0.758. The number of halogens is 1. The number of nitrogens with zero attached hydrogens (tertiary/aromatic N) is 1. The molecule has 22 heavy (non-hydrogen) atoms. The molecule has 0 unspecified atom stereocenters. The van der Waals surface area contributed by atoms with Crippen molar-refractivity contribution in [3.63, 3.8) is 0 Å². The van der Waals surface area contributed by atoms with Crippen LogP contribution in [0.5, 0.6) is 0 Å². The molecule has 0 saturated carbocycles. The largest absolute Gasteiger partial charge is 0.378 e. The summed E-state index contributed by atoms with van der Waals surface area (Å²) in [6.45, 7) is 2.53. The van der Waals surface area contributed by atoms with Crippen LogP contribution in [-0.4, -0.2) is 37.1 Å². The normalized spacial score (nSPS) is 15.9. The van der Waals surface area contributed by atoms with Crippen molar-refractivity contribution in [3.8, 4) is 0 Å². The Labute approximate surface area is 142 Å². The zero-order valence-electron chi connectivity index (χ0n) is 12.0. The maximum atomic E-state index is 12.9. The van der Waals surface area contributed by atoms with Crippen LogP contribution in [0.3, 0.4) is 0 Å². The summed E-state index contributed by atoms with van der Waals surface area (Å²) in [7, 11) is 0. The number of rotatable bonds is 3. The van der Waals surface area contributed by atoms with Crippen LogP contribution in [0.2, 0.25) is 0 Å². The predicted octanol–water partition coefficient (Wildman–Crippen LogP) is 3.91. The maximum Gasteiger partial charge on any atom is 0.255 e. The Bertz CT molecular complexity index is 658. The van der Waals surface area contributed by atoms with Crippen LogP contribution >= 0.6 is 27.3 Å². The summed E-state index contributed by atoms with van der Waals surface area (Å²) in [5.74, 6) is 0.0775. The van der Waals surface area contributed by atoms with Crippen LogP contribution in [0.1, 0.15) is 10.4 Å². The number of morpholine rings is 1. The van der Waals surface area contributed by atoms with Crippen molar-refractivity contribution in [1.29, 1.82) is 0 Å². The van der Waals surface area contributed by atoms with Gasteiger partial charge in [0.05, 0.1) is 18.8 Å². The first-order valence-corrected chi connectivity index (χ1v) is 8.79. The molecule has 2 heterocycles. The first-order valence-electron chi connectivity index (χ1n) is 7.12. The molecule has 0 radical (unpaired) electrons. The molecule has 5 heteroatoms. The Morgan fingerprint density at radius 2 is 1.91 bits per heavy atom. The molecule has 1 fully saturated rings. The topological polar surface area (TPSA) is 29.5 Å². The molecule has 1 amide bonds. The molecule has 0 bridgehead atoms. The summed E-state index contributed by atoms with van der Waals surface area (Å²) in [4.78, 5) is 15.7. The zero-order valence-corrected chi connectivity index (χ0v) is 14.4. The van der Waals surface area contributed by atoms with E-state index in [-0.39, 0.29) is 5.91 Å². The SMILES string of the molecule is O=C(/C(=C/c1ccc(Br)cc1)c1cccs1)N1CCOCC1. The fourth-order valence-electron chi connectivity index (χ4n) is 2.33. The molecule has 1 aromatic carbocycles. The Balaban J connectivity index is 1.93. The van der Waals surface area contributed by atoms with Crippen molar-refractivity contribution >= 4 is 44.8 Å². The van der Waals surface area contributed by atoms with Gasteiger partial charge in [-0.1, -0.05) is 34.1 Å². The molecule has 0 aliphatic carbocycles. The van der Waals surface area contributed by atoms with Gasteiger partial charge in [-0.25, -0.2) is 0 Å². The van der Waals surface area contributed by atoms with Crippen LogP contribution < -0.4 is 0 Å². The van der Waals surface area contributed by atoms with Gasteiger partial charge < -0.3 is 9.64 Å². The van der Waals surface area contributed by atoms with E-state index in [2.05, 4.69) is 15.9 Å². The number of carbonyl (C=O) groups excluding carboxylic acids is 1. The molecule has 114 valence electrons. The van der Waals surface area contributed by atoms with Gasteiger partial charge in [0.1, 0.15) is 0 Å². The first-order chi connectivity index (χ1) is 10.7. The minimum Gasteiger partial charge on any atom is -0.378 e. The van der Waals surface area contributed by atoms with Crippen molar-refractivity contribution in [2.75, 3.05) is 26.3 Å². The maximum absolute atomic E-state index is 12.9. The van der Waals surface area contributed by atoms with Crippen LogP contribution in [0.15, 0.2) is 46.3 Å². The average Bonchev–Trinajstić information content (AvgIpc) is 3.09. The number of amides is 1. The number of thiophene rings is 1. The van der Waals surface area contributed by atoms with Gasteiger partial charge in [0.2, 0.25) is 0 Å². The van der Waals surface area contributed by atoms with E-state index < -0.39 is 0 Å². The number of carbonyl (C=O) groups is 1. The third kappa shape index (κ3) is 3.66. The number of hydrogen-bond donors (Lipinski definition) is 0. The lowest BCUT2D eigenvalue weighted by atomic mass is 10.1. The second kappa shape index (κ2) is 7.22. The molecule has 0 N–H and O–H groups in total. The molecule has 3 nitrogen and oxygen atoms in total. The van der Waals surface area contributed by atoms with Crippen LogP contribution in [0.4, 0.5) is 0 Å². The molecule has 1 saturated heterocycles. The van der Waals surface area contributed by atoms with Crippen molar-refractivity contribution in [2.24, 2.45) is 0 Å². The minimum atomic E-state index is 0.0775. The number of hydrogen-bond acceptors (Lipinski definition) is 3. The van der Waals surface area contributed by atoms with E-state index in [1.165, 1.54) is 0 Å². The summed E-state index contributed by atoms with van der Waals surface area (Å²) in [5, 5.41) is 2.00. The van der Waals surface area contributed by atoms with Crippen LogP contribution in [0.25, 0.3) is 11.6 Å². The Hall–Kier alpha value is -1.43. The van der Waals surface area contributed by atoms with Crippen molar-refractivity contribution in [2.45, 2.75) is 0 Å². The second-order valence-electron chi connectivity index (χ2n) is 4.99. The van der Waals surface area contributed by atoms with Gasteiger partial charge >= 0.3 is 0 Å². The lowest BCUT2D eigenvalue weighted by Gasteiger charge is -2.27. The third-order valence-corrected chi connectivity index (χ3v) is 4.93. The predicted molar refractivity (Wildman–Crippen MR) is 93.7 cm³/mol. The van der Waals surface area contributed by atoms with Gasteiger partial charge in [-0.15, -0.1) is 11.3 Å². The number of benzene rings is 1. The van der Waals surface area contributed by atoms with Crippen molar-refractivity contribution in [1.82, 2.24) is 4.90 Å².